The van der Waals surface area contributed by atoms with Crippen molar-refractivity contribution in [2.75, 3.05) is 13.1 Å². The molecular formula is C19H20ClNO5S. The van der Waals surface area contributed by atoms with E-state index in [1.807, 2.05) is 13.8 Å². The maximum atomic E-state index is 13.0. The van der Waals surface area contributed by atoms with Crippen molar-refractivity contribution in [2.24, 2.45) is 0 Å². The summed E-state index contributed by atoms with van der Waals surface area (Å²) in [5.41, 5.74) is 0.144. The molecule has 144 valence electrons. The number of rotatable bonds is 4. The molecule has 1 fully saturated rings. The Hall–Kier alpha value is -1.93. The van der Waals surface area contributed by atoms with Crippen molar-refractivity contribution in [3.8, 4) is 5.75 Å². The van der Waals surface area contributed by atoms with Crippen LogP contribution in [0.5, 0.6) is 5.75 Å². The van der Waals surface area contributed by atoms with Crippen LogP contribution in [0.3, 0.4) is 0 Å². The first-order valence-corrected chi connectivity index (χ1v) is 10.3. The molecule has 2 unspecified atom stereocenters. The number of esters is 1. The number of carbonyl (C=O) groups excluding carboxylic acids is 1. The molecule has 0 bridgehead atoms. The molecule has 1 saturated heterocycles. The number of ether oxygens (including phenoxy) is 2. The number of hydrogen-bond acceptors (Lipinski definition) is 5. The standard InChI is InChI=1S/C19H20ClNO5S/c1-13-11-21(12-14(2)25-13)27(23,24)18-8-3-5-15(9-18)19(22)26-17-7-4-6-16(20)10-17/h3-10,13-14H,11-12H2,1-2H3. The highest BCUT2D eigenvalue weighted by atomic mass is 35.5. The minimum atomic E-state index is -3.74. The number of morpholine rings is 1. The van der Waals surface area contributed by atoms with Gasteiger partial charge in [-0.05, 0) is 50.2 Å². The molecule has 6 nitrogen and oxygen atoms in total. The predicted molar refractivity (Wildman–Crippen MR) is 102 cm³/mol. The van der Waals surface area contributed by atoms with Gasteiger partial charge in [-0.3, -0.25) is 0 Å². The number of nitrogens with zero attached hydrogens (tertiary/aromatic N) is 1. The minimum Gasteiger partial charge on any atom is -0.423 e. The van der Waals surface area contributed by atoms with Crippen molar-refractivity contribution in [3.63, 3.8) is 0 Å². The average molecular weight is 410 g/mol. The van der Waals surface area contributed by atoms with E-state index in [0.29, 0.717) is 5.02 Å². The van der Waals surface area contributed by atoms with Gasteiger partial charge in [-0.1, -0.05) is 23.7 Å². The van der Waals surface area contributed by atoms with Gasteiger partial charge in [0.15, 0.2) is 0 Å². The van der Waals surface area contributed by atoms with Gasteiger partial charge in [0.25, 0.3) is 0 Å². The van der Waals surface area contributed by atoms with Crippen molar-refractivity contribution in [3.05, 3.63) is 59.1 Å². The number of benzene rings is 2. The van der Waals surface area contributed by atoms with E-state index in [1.54, 1.807) is 18.2 Å². The zero-order valence-corrected chi connectivity index (χ0v) is 16.5. The lowest BCUT2D eigenvalue weighted by atomic mass is 10.2. The SMILES string of the molecule is CC1CN(S(=O)(=O)c2cccc(C(=O)Oc3cccc(Cl)c3)c2)CC(C)O1. The third-order valence-electron chi connectivity index (χ3n) is 4.10. The Kier molecular flexibility index (Phi) is 5.86. The van der Waals surface area contributed by atoms with Gasteiger partial charge in [0.2, 0.25) is 10.0 Å². The quantitative estimate of drug-likeness (QED) is 0.572. The van der Waals surface area contributed by atoms with Gasteiger partial charge < -0.3 is 9.47 Å². The van der Waals surface area contributed by atoms with E-state index in [1.165, 1.54) is 34.6 Å². The second-order valence-electron chi connectivity index (χ2n) is 6.45. The summed E-state index contributed by atoms with van der Waals surface area (Å²) in [5, 5.41) is 0.437. The Morgan fingerprint density at radius 3 is 2.44 bits per heavy atom. The molecule has 2 aromatic rings. The van der Waals surface area contributed by atoms with Crippen LogP contribution in [0.1, 0.15) is 24.2 Å². The highest BCUT2D eigenvalue weighted by Crippen LogP contribution is 2.23. The van der Waals surface area contributed by atoms with Crippen molar-refractivity contribution < 1.29 is 22.7 Å². The summed E-state index contributed by atoms with van der Waals surface area (Å²) in [5.74, 6) is -0.366. The van der Waals surface area contributed by atoms with E-state index >= 15 is 0 Å². The lowest BCUT2D eigenvalue weighted by Gasteiger charge is -2.34. The molecule has 0 spiro atoms. The van der Waals surface area contributed by atoms with Crippen LogP contribution in [-0.4, -0.2) is 44.0 Å². The predicted octanol–water partition coefficient (Wildman–Crippen LogP) is 3.36. The molecule has 8 heteroatoms. The van der Waals surface area contributed by atoms with Crippen LogP contribution in [0.25, 0.3) is 0 Å². The lowest BCUT2D eigenvalue weighted by Crippen LogP contribution is -2.48. The first kappa shape index (κ1) is 19.8. The molecule has 1 aliphatic rings. The van der Waals surface area contributed by atoms with Crippen LogP contribution in [-0.2, 0) is 14.8 Å². The Bertz CT molecular complexity index is 937. The normalized spacial score (nSPS) is 21.0. The van der Waals surface area contributed by atoms with E-state index in [9.17, 15) is 13.2 Å². The number of halogens is 1. The summed E-state index contributed by atoms with van der Waals surface area (Å²) in [7, 11) is -3.74. The van der Waals surface area contributed by atoms with Crippen LogP contribution >= 0.6 is 11.6 Å². The molecule has 1 heterocycles. The molecule has 1 aliphatic heterocycles. The van der Waals surface area contributed by atoms with Gasteiger partial charge in [-0.15, -0.1) is 0 Å². The largest absolute Gasteiger partial charge is 0.423 e. The van der Waals surface area contributed by atoms with Crippen molar-refractivity contribution in [1.82, 2.24) is 4.31 Å². The summed E-state index contributed by atoms with van der Waals surface area (Å²) in [4.78, 5) is 12.4. The summed E-state index contributed by atoms with van der Waals surface area (Å²) < 4.78 is 38.2. The minimum absolute atomic E-state index is 0.0457. The van der Waals surface area contributed by atoms with Gasteiger partial charge in [-0.25, -0.2) is 13.2 Å². The van der Waals surface area contributed by atoms with Crippen LogP contribution in [0.15, 0.2) is 53.4 Å². The van der Waals surface area contributed by atoms with Gasteiger partial charge >= 0.3 is 5.97 Å². The average Bonchev–Trinajstić information content (AvgIpc) is 2.61. The molecule has 27 heavy (non-hydrogen) atoms. The zero-order chi connectivity index (χ0) is 19.6. The summed E-state index contributed by atoms with van der Waals surface area (Å²) in [6.07, 6.45) is -0.390. The van der Waals surface area contributed by atoms with Gasteiger partial charge in [0.05, 0.1) is 22.7 Å². The summed E-state index contributed by atoms with van der Waals surface area (Å²) in [6, 6.07) is 12.3. The summed E-state index contributed by atoms with van der Waals surface area (Å²) in [6.45, 7) is 4.20. The van der Waals surface area contributed by atoms with Crippen molar-refractivity contribution >= 4 is 27.6 Å². The summed E-state index contributed by atoms with van der Waals surface area (Å²) >= 11 is 5.88. The molecule has 2 aromatic carbocycles. The fourth-order valence-corrected chi connectivity index (χ4v) is 4.77. The van der Waals surface area contributed by atoms with Crippen LogP contribution in [0.4, 0.5) is 0 Å². The van der Waals surface area contributed by atoms with Gasteiger partial charge in [-0.2, -0.15) is 4.31 Å². The molecule has 0 N–H and O–H groups in total. The number of carbonyl (C=O) groups is 1. The van der Waals surface area contributed by atoms with Crippen molar-refractivity contribution in [2.45, 2.75) is 31.0 Å². The fraction of sp³-hybridized carbons (Fsp3) is 0.316. The Morgan fingerprint density at radius 2 is 1.78 bits per heavy atom. The second-order valence-corrected chi connectivity index (χ2v) is 8.83. The maximum Gasteiger partial charge on any atom is 0.343 e. The highest BCUT2D eigenvalue weighted by molar-refractivity contribution is 7.89. The van der Waals surface area contributed by atoms with Gasteiger partial charge in [0.1, 0.15) is 5.75 Å². The molecule has 0 aliphatic carbocycles. The van der Waals surface area contributed by atoms with Crippen LogP contribution < -0.4 is 4.74 Å². The topological polar surface area (TPSA) is 72.9 Å². The number of sulfonamides is 1. The van der Waals surface area contributed by atoms with E-state index in [-0.39, 0.29) is 41.5 Å². The zero-order valence-electron chi connectivity index (χ0n) is 15.0. The van der Waals surface area contributed by atoms with Crippen LogP contribution in [0.2, 0.25) is 5.02 Å². The Balaban J connectivity index is 1.83. The molecule has 0 amide bonds. The lowest BCUT2D eigenvalue weighted by molar-refractivity contribution is -0.0440. The van der Waals surface area contributed by atoms with E-state index in [0.717, 1.165) is 0 Å². The smallest absolute Gasteiger partial charge is 0.343 e. The van der Waals surface area contributed by atoms with E-state index in [2.05, 4.69) is 0 Å². The Morgan fingerprint density at radius 1 is 1.11 bits per heavy atom. The fourth-order valence-electron chi connectivity index (χ4n) is 2.96. The molecule has 0 aromatic heterocycles. The van der Waals surface area contributed by atoms with Crippen molar-refractivity contribution in [1.29, 1.82) is 0 Å². The van der Waals surface area contributed by atoms with E-state index in [4.69, 9.17) is 21.1 Å². The molecule has 0 saturated carbocycles. The third kappa shape index (κ3) is 4.68. The van der Waals surface area contributed by atoms with Gasteiger partial charge in [0, 0.05) is 18.1 Å². The second kappa shape index (κ2) is 7.98. The molecule has 2 atom stereocenters. The monoisotopic (exact) mass is 409 g/mol. The molecular weight excluding hydrogens is 390 g/mol. The molecule has 3 rings (SSSR count). The molecule has 0 radical (unpaired) electrons. The van der Waals surface area contributed by atoms with Crippen LogP contribution in [0, 0.1) is 0 Å². The Labute approximate surface area is 163 Å². The van der Waals surface area contributed by atoms with E-state index < -0.39 is 16.0 Å². The number of hydrogen-bond donors (Lipinski definition) is 0. The highest BCUT2D eigenvalue weighted by Gasteiger charge is 2.32. The maximum absolute atomic E-state index is 13.0. The third-order valence-corrected chi connectivity index (χ3v) is 6.16. The first-order valence-electron chi connectivity index (χ1n) is 8.49. The first-order chi connectivity index (χ1) is 12.8.